The van der Waals surface area contributed by atoms with E-state index in [1.165, 1.54) is 0 Å². The lowest BCUT2D eigenvalue weighted by Gasteiger charge is -2.09. The molecule has 0 aromatic carbocycles. The number of rotatable bonds is 1. The number of nitrogens with zero attached hydrogens (tertiary/aromatic N) is 2. The van der Waals surface area contributed by atoms with Crippen molar-refractivity contribution in [2.45, 2.75) is 34.2 Å². The van der Waals surface area contributed by atoms with E-state index in [2.05, 4.69) is 4.98 Å². The zero-order valence-electron chi connectivity index (χ0n) is 7.53. The topological polar surface area (TPSA) is 60.9 Å². The van der Waals surface area contributed by atoms with Crippen LogP contribution >= 0.6 is 0 Å². The molecule has 4 nitrogen and oxygen atoms in total. The van der Waals surface area contributed by atoms with Crippen LogP contribution in [0.5, 0.6) is 0 Å². The van der Waals surface area contributed by atoms with Crippen LogP contribution in [0.25, 0.3) is 0 Å². The molecule has 0 aliphatic heterocycles. The highest BCUT2D eigenvalue weighted by Gasteiger charge is 2.03. The molecule has 0 fully saturated rings. The maximum Gasteiger partial charge on any atom is 0.349 e. The molecule has 2 N–H and O–H groups in total. The van der Waals surface area contributed by atoms with Crippen molar-refractivity contribution in [2.24, 2.45) is 0 Å². The van der Waals surface area contributed by atoms with Crippen LogP contribution in [0.2, 0.25) is 0 Å². The highest BCUT2D eigenvalue weighted by atomic mass is 16.1. The fourth-order valence-electron chi connectivity index (χ4n) is 0.949. The van der Waals surface area contributed by atoms with Crippen molar-refractivity contribution >= 4 is 5.82 Å². The van der Waals surface area contributed by atoms with Gasteiger partial charge in [0.15, 0.2) is 0 Å². The van der Waals surface area contributed by atoms with Crippen molar-refractivity contribution in [1.29, 1.82) is 0 Å². The van der Waals surface area contributed by atoms with E-state index in [-0.39, 0.29) is 19.2 Å². The van der Waals surface area contributed by atoms with Crippen LogP contribution in [-0.4, -0.2) is 9.55 Å². The summed E-state index contributed by atoms with van der Waals surface area (Å²) >= 11 is 0. The highest BCUT2D eigenvalue weighted by molar-refractivity contribution is 5.35. The molecule has 0 amide bonds. The molecular formula is C9H17N3O. The van der Waals surface area contributed by atoms with Crippen LogP contribution in [0.4, 0.5) is 5.82 Å². The largest absolute Gasteiger partial charge is 0.383 e. The van der Waals surface area contributed by atoms with Crippen LogP contribution in [0.3, 0.4) is 0 Å². The van der Waals surface area contributed by atoms with Crippen molar-refractivity contribution in [3.63, 3.8) is 0 Å². The SMILES string of the molecule is C.Cc1cn(C(C)C)c(=O)nc1N. The van der Waals surface area contributed by atoms with E-state index in [1.807, 2.05) is 20.8 Å². The Hall–Kier alpha value is -1.32. The van der Waals surface area contributed by atoms with E-state index < -0.39 is 0 Å². The molecule has 0 saturated carbocycles. The maximum absolute atomic E-state index is 11.2. The molecule has 0 saturated heterocycles. The molecule has 0 unspecified atom stereocenters. The van der Waals surface area contributed by atoms with Gasteiger partial charge >= 0.3 is 5.69 Å². The summed E-state index contributed by atoms with van der Waals surface area (Å²) in [6, 6.07) is 0.129. The van der Waals surface area contributed by atoms with Gasteiger partial charge in [-0.2, -0.15) is 4.98 Å². The number of nitrogen functional groups attached to an aromatic ring is 1. The minimum atomic E-state index is -0.284. The van der Waals surface area contributed by atoms with Gasteiger partial charge in [-0.05, 0) is 20.8 Å². The summed E-state index contributed by atoms with van der Waals surface area (Å²) in [5.74, 6) is 0.317. The van der Waals surface area contributed by atoms with Crippen LogP contribution < -0.4 is 11.4 Å². The van der Waals surface area contributed by atoms with E-state index in [0.717, 1.165) is 5.56 Å². The summed E-state index contributed by atoms with van der Waals surface area (Å²) in [6.07, 6.45) is 1.73. The van der Waals surface area contributed by atoms with E-state index in [4.69, 9.17) is 5.73 Å². The lowest BCUT2D eigenvalue weighted by Crippen LogP contribution is -2.25. The molecular weight excluding hydrogens is 166 g/mol. The van der Waals surface area contributed by atoms with Gasteiger partial charge in [-0.1, -0.05) is 7.43 Å². The third-order valence-electron chi connectivity index (χ3n) is 1.73. The molecule has 1 aromatic heterocycles. The first-order valence-corrected chi connectivity index (χ1v) is 3.87. The number of hydrogen-bond acceptors (Lipinski definition) is 3. The first-order chi connectivity index (χ1) is 5.52. The van der Waals surface area contributed by atoms with E-state index >= 15 is 0 Å². The van der Waals surface area contributed by atoms with E-state index in [0.29, 0.717) is 5.82 Å². The molecule has 1 heterocycles. The smallest absolute Gasteiger partial charge is 0.349 e. The van der Waals surface area contributed by atoms with Crippen LogP contribution in [-0.2, 0) is 0 Å². The van der Waals surface area contributed by atoms with Crippen molar-refractivity contribution in [3.8, 4) is 0 Å². The standard InChI is InChI=1S/C8H13N3O.CH4/c1-5(2)11-4-6(3)7(9)10-8(11)12;/h4-5H,1-3H3,(H2,9,10,12);1H4. The van der Waals surface area contributed by atoms with Crippen LogP contribution in [0.1, 0.15) is 32.9 Å². The van der Waals surface area contributed by atoms with Crippen molar-refractivity contribution in [1.82, 2.24) is 9.55 Å². The van der Waals surface area contributed by atoms with Gasteiger partial charge in [0.2, 0.25) is 0 Å². The van der Waals surface area contributed by atoms with Gasteiger partial charge in [0, 0.05) is 17.8 Å². The summed E-state index contributed by atoms with van der Waals surface area (Å²) in [5, 5.41) is 0. The summed E-state index contributed by atoms with van der Waals surface area (Å²) in [5.41, 5.74) is 6.02. The zero-order valence-corrected chi connectivity index (χ0v) is 7.53. The Morgan fingerprint density at radius 1 is 1.54 bits per heavy atom. The summed E-state index contributed by atoms with van der Waals surface area (Å²) in [6.45, 7) is 5.69. The third-order valence-corrected chi connectivity index (χ3v) is 1.73. The molecule has 0 aliphatic carbocycles. The predicted molar refractivity (Wildman–Crippen MR) is 54.8 cm³/mol. The Kier molecular flexibility index (Phi) is 3.66. The predicted octanol–water partition coefficient (Wildman–Crippen LogP) is 1.35. The average Bonchev–Trinajstić information content (AvgIpc) is 1.96. The average molecular weight is 183 g/mol. The molecule has 4 heteroatoms. The summed E-state index contributed by atoms with van der Waals surface area (Å²) < 4.78 is 1.56. The second-order valence-corrected chi connectivity index (χ2v) is 3.09. The number of hydrogen-bond donors (Lipinski definition) is 1. The van der Waals surface area contributed by atoms with Crippen LogP contribution in [0, 0.1) is 6.92 Å². The van der Waals surface area contributed by atoms with E-state index in [1.54, 1.807) is 10.8 Å². The number of aryl methyl sites for hydroxylation is 1. The lowest BCUT2D eigenvalue weighted by molar-refractivity contribution is 0.562. The monoisotopic (exact) mass is 183 g/mol. The Morgan fingerprint density at radius 2 is 2.08 bits per heavy atom. The van der Waals surface area contributed by atoms with Gasteiger partial charge in [-0.3, -0.25) is 4.57 Å². The normalized spacial score (nSPS) is 9.85. The van der Waals surface area contributed by atoms with Crippen molar-refractivity contribution < 1.29 is 0 Å². The second kappa shape index (κ2) is 4.07. The first kappa shape index (κ1) is 11.7. The molecule has 1 aromatic rings. The quantitative estimate of drug-likeness (QED) is 0.715. The van der Waals surface area contributed by atoms with Gasteiger partial charge in [0.25, 0.3) is 0 Å². The minimum absolute atomic E-state index is 0. The van der Waals surface area contributed by atoms with Gasteiger partial charge in [0.05, 0.1) is 0 Å². The molecule has 74 valence electrons. The highest BCUT2D eigenvalue weighted by Crippen LogP contribution is 2.05. The minimum Gasteiger partial charge on any atom is -0.383 e. The van der Waals surface area contributed by atoms with E-state index in [9.17, 15) is 4.79 Å². The maximum atomic E-state index is 11.2. The fraction of sp³-hybridized carbons (Fsp3) is 0.556. The van der Waals surface area contributed by atoms with Crippen molar-refractivity contribution in [3.05, 3.63) is 22.2 Å². The van der Waals surface area contributed by atoms with Gasteiger partial charge in [-0.25, -0.2) is 4.79 Å². The molecule has 0 spiro atoms. The second-order valence-electron chi connectivity index (χ2n) is 3.09. The summed E-state index contributed by atoms with van der Waals surface area (Å²) in [7, 11) is 0. The Bertz CT molecular complexity index is 341. The molecule has 0 radical (unpaired) electrons. The molecule has 0 aliphatic rings. The number of anilines is 1. The Balaban J connectivity index is 0.00000144. The molecule has 1 rings (SSSR count). The van der Waals surface area contributed by atoms with Crippen molar-refractivity contribution in [2.75, 3.05) is 5.73 Å². The molecule has 0 atom stereocenters. The number of nitrogens with two attached hydrogens (primary N) is 1. The Morgan fingerprint density at radius 3 is 2.54 bits per heavy atom. The summed E-state index contributed by atoms with van der Waals surface area (Å²) in [4.78, 5) is 14.9. The van der Waals surface area contributed by atoms with Crippen LogP contribution in [0.15, 0.2) is 11.0 Å². The van der Waals surface area contributed by atoms with Gasteiger partial charge in [-0.15, -0.1) is 0 Å². The number of aromatic nitrogens is 2. The first-order valence-electron chi connectivity index (χ1n) is 3.87. The molecule has 13 heavy (non-hydrogen) atoms. The Labute approximate surface area is 78.4 Å². The fourth-order valence-corrected chi connectivity index (χ4v) is 0.949. The third kappa shape index (κ3) is 2.31. The zero-order chi connectivity index (χ0) is 9.30. The lowest BCUT2D eigenvalue weighted by atomic mass is 10.3. The molecule has 0 bridgehead atoms. The van der Waals surface area contributed by atoms with Gasteiger partial charge < -0.3 is 5.73 Å². The van der Waals surface area contributed by atoms with Gasteiger partial charge in [0.1, 0.15) is 5.82 Å².